The van der Waals surface area contributed by atoms with Crippen LogP contribution in [0.1, 0.15) is 33.6 Å². The quantitative estimate of drug-likeness (QED) is 0.697. The highest BCUT2D eigenvalue weighted by molar-refractivity contribution is 7.91. The molecule has 0 aromatic carbocycles. The lowest BCUT2D eigenvalue weighted by Crippen LogP contribution is -2.54. The summed E-state index contributed by atoms with van der Waals surface area (Å²) in [5.41, 5.74) is 0. The first-order valence-electron chi connectivity index (χ1n) is 6.54. The summed E-state index contributed by atoms with van der Waals surface area (Å²) in [4.78, 5) is 13.9. The summed E-state index contributed by atoms with van der Waals surface area (Å²) in [6.07, 6.45) is 1.59. The molecule has 1 heterocycles. The van der Waals surface area contributed by atoms with Crippen molar-refractivity contribution in [2.75, 3.05) is 24.7 Å². The molecule has 0 aliphatic carbocycles. The van der Waals surface area contributed by atoms with Crippen molar-refractivity contribution in [3.63, 3.8) is 0 Å². The Kier molecular flexibility index (Phi) is 5.59. The molecule has 0 aromatic heterocycles. The van der Waals surface area contributed by atoms with Gasteiger partial charge in [-0.1, -0.05) is 13.3 Å². The molecule has 1 fully saturated rings. The predicted molar refractivity (Wildman–Crippen MR) is 70.2 cm³/mol. The van der Waals surface area contributed by atoms with Crippen LogP contribution in [0.4, 0.5) is 0 Å². The molecule has 0 radical (unpaired) electrons. The van der Waals surface area contributed by atoms with Crippen LogP contribution in [0, 0.1) is 0 Å². The van der Waals surface area contributed by atoms with E-state index < -0.39 is 9.84 Å². The van der Waals surface area contributed by atoms with Crippen LogP contribution in [-0.2, 0) is 19.4 Å². The van der Waals surface area contributed by atoms with Crippen LogP contribution >= 0.6 is 0 Å². The van der Waals surface area contributed by atoms with Crippen LogP contribution in [0.2, 0.25) is 0 Å². The van der Waals surface area contributed by atoms with Crippen molar-refractivity contribution >= 4 is 15.8 Å². The Morgan fingerprint density at radius 3 is 2.61 bits per heavy atom. The average molecular weight is 277 g/mol. The molecule has 0 spiro atoms. The molecule has 2 unspecified atom stereocenters. The van der Waals surface area contributed by atoms with Crippen LogP contribution in [0.15, 0.2) is 0 Å². The maximum Gasteiger partial charge on any atom is 0.323 e. The van der Waals surface area contributed by atoms with E-state index in [0.29, 0.717) is 19.6 Å². The van der Waals surface area contributed by atoms with Crippen molar-refractivity contribution < 1.29 is 17.9 Å². The molecule has 2 atom stereocenters. The topological polar surface area (TPSA) is 63.7 Å². The van der Waals surface area contributed by atoms with E-state index in [-0.39, 0.29) is 29.6 Å². The molecule has 0 N–H and O–H groups in total. The standard InChI is InChI=1S/C12H23NO4S/c1-4-6-11(12(14)17-5-2)13-7-8-18(15,16)9-10(13)3/h10-11H,4-9H2,1-3H3. The molecular weight excluding hydrogens is 254 g/mol. The van der Waals surface area contributed by atoms with E-state index in [9.17, 15) is 13.2 Å². The van der Waals surface area contributed by atoms with E-state index in [2.05, 4.69) is 0 Å². The highest BCUT2D eigenvalue weighted by Crippen LogP contribution is 2.18. The van der Waals surface area contributed by atoms with Gasteiger partial charge in [0.1, 0.15) is 6.04 Å². The van der Waals surface area contributed by atoms with Crippen LogP contribution in [-0.4, -0.2) is 56.0 Å². The third-order valence-corrected chi connectivity index (χ3v) is 5.04. The molecule has 106 valence electrons. The van der Waals surface area contributed by atoms with E-state index in [0.717, 1.165) is 6.42 Å². The number of esters is 1. The van der Waals surface area contributed by atoms with Gasteiger partial charge in [0.2, 0.25) is 0 Å². The molecule has 18 heavy (non-hydrogen) atoms. The third-order valence-electron chi connectivity index (χ3n) is 3.24. The Labute approximate surface area is 109 Å². The first-order chi connectivity index (χ1) is 8.41. The van der Waals surface area contributed by atoms with Gasteiger partial charge >= 0.3 is 5.97 Å². The lowest BCUT2D eigenvalue weighted by molar-refractivity contribution is -0.150. The minimum absolute atomic E-state index is 0.121. The third kappa shape index (κ3) is 3.95. The molecule has 0 aromatic rings. The summed E-state index contributed by atoms with van der Waals surface area (Å²) in [6, 6.07) is -0.426. The van der Waals surface area contributed by atoms with Gasteiger partial charge in [-0.2, -0.15) is 0 Å². The Bertz CT molecular complexity index is 380. The monoisotopic (exact) mass is 277 g/mol. The summed E-state index contributed by atoms with van der Waals surface area (Å²) in [5, 5.41) is 0. The fourth-order valence-electron chi connectivity index (χ4n) is 2.41. The van der Waals surface area contributed by atoms with E-state index in [1.54, 1.807) is 6.92 Å². The van der Waals surface area contributed by atoms with E-state index >= 15 is 0 Å². The lowest BCUT2D eigenvalue weighted by Gasteiger charge is -2.37. The molecule has 0 bridgehead atoms. The molecule has 0 amide bonds. The minimum Gasteiger partial charge on any atom is -0.465 e. The first kappa shape index (κ1) is 15.4. The minimum atomic E-state index is -2.95. The lowest BCUT2D eigenvalue weighted by atomic mass is 10.1. The fourth-order valence-corrected chi connectivity index (χ4v) is 3.99. The highest BCUT2D eigenvalue weighted by atomic mass is 32.2. The zero-order valence-electron chi connectivity index (χ0n) is 11.4. The van der Waals surface area contributed by atoms with Crippen LogP contribution in [0.25, 0.3) is 0 Å². The van der Waals surface area contributed by atoms with Gasteiger partial charge in [0.25, 0.3) is 0 Å². The summed E-state index contributed by atoms with van der Waals surface area (Å²) < 4.78 is 28.2. The average Bonchev–Trinajstić information content (AvgIpc) is 2.26. The smallest absolute Gasteiger partial charge is 0.323 e. The zero-order chi connectivity index (χ0) is 13.8. The number of rotatable bonds is 5. The normalized spacial score (nSPS) is 25.6. The van der Waals surface area contributed by atoms with Crippen molar-refractivity contribution in [2.45, 2.75) is 45.7 Å². The Morgan fingerprint density at radius 2 is 2.11 bits per heavy atom. The number of hydrogen-bond donors (Lipinski definition) is 0. The van der Waals surface area contributed by atoms with Gasteiger partial charge in [-0.3, -0.25) is 9.69 Å². The number of nitrogens with zero attached hydrogens (tertiary/aromatic N) is 1. The molecule has 5 nitrogen and oxygen atoms in total. The molecule has 6 heteroatoms. The summed E-state index contributed by atoms with van der Waals surface area (Å²) in [5.74, 6) is 0.0364. The molecule has 0 saturated carbocycles. The van der Waals surface area contributed by atoms with Crippen molar-refractivity contribution in [2.24, 2.45) is 0 Å². The Morgan fingerprint density at radius 1 is 1.44 bits per heavy atom. The predicted octanol–water partition coefficient (Wildman–Crippen LogP) is 0.837. The second kappa shape index (κ2) is 6.52. The van der Waals surface area contributed by atoms with Gasteiger partial charge in [-0.05, 0) is 20.3 Å². The van der Waals surface area contributed by atoms with Gasteiger partial charge in [0.15, 0.2) is 9.84 Å². The van der Waals surface area contributed by atoms with Crippen molar-refractivity contribution in [1.82, 2.24) is 4.90 Å². The molecule has 1 aliphatic heterocycles. The Hall–Kier alpha value is -0.620. The van der Waals surface area contributed by atoms with Gasteiger partial charge < -0.3 is 4.74 Å². The molecular formula is C12H23NO4S. The second-order valence-electron chi connectivity index (χ2n) is 4.76. The molecule has 1 saturated heterocycles. The zero-order valence-corrected chi connectivity index (χ0v) is 12.2. The maximum atomic E-state index is 11.9. The molecule has 1 aliphatic rings. The first-order valence-corrected chi connectivity index (χ1v) is 8.36. The van der Waals surface area contributed by atoms with E-state index in [1.807, 2.05) is 18.7 Å². The van der Waals surface area contributed by atoms with E-state index in [4.69, 9.17) is 4.74 Å². The van der Waals surface area contributed by atoms with Crippen molar-refractivity contribution in [3.05, 3.63) is 0 Å². The summed E-state index contributed by atoms with van der Waals surface area (Å²) in [6.45, 7) is 6.44. The van der Waals surface area contributed by atoms with Gasteiger partial charge in [-0.25, -0.2) is 8.42 Å². The van der Waals surface area contributed by atoms with Crippen molar-refractivity contribution in [1.29, 1.82) is 0 Å². The van der Waals surface area contributed by atoms with Crippen LogP contribution in [0.3, 0.4) is 0 Å². The van der Waals surface area contributed by atoms with Crippen LogP contribution in [0.5, 0.6) is 0 Å². The largest absolute Gasteiger partial charge is 0.465 e. The van der Waals surface area contributed by atoms with Crippen molar-refractivity contribution in [3.8, 4) is 0 Å². The van der Waals surface area contributed by atoms with Gasteiger partial charge in [0.05, 0.1) is 18.1 Å². The van der Waals surface area contributed by atoms with Crippen LogP contribution < -0.4 is 0 Å². The summed E-state index contributed by atoms with van der Waals surface area (Å²) >= 11 is 0. The number of carbonyl (C=O) groups is 1. The number of sulfone groups is 1. The Balaban J connectivity index is 2.77. The van der Waals surface area contributed by atoms with Gasteiger partial charge in [-0.15, -0.1) is 0 Å². The maximum absolute atomic E-state index is 11.9. The fraction of sp³-hybridized carbons (Fsp3) is 0.917. The second-order valence-corrected chi connectivity index (χ2v) is 6.99. The number of hydrogen-bond acceptors (Lipinski definition) is 5. The SMILES string of the molecule is CCCC(C(=O)OCC)N1CCS(=O)(=O)CC1C. The molecule has 1 rings (SSSR count). The number of carbonyl (C=O) groups excluding carboxylic acids is 1. The highest BCUT2D eigenvalue weighted by Gasteiger charge is 2.36. The van der Waals surface area contributed by atoms with Gasteiger partial charge in [0, 0.05) is 12.6 Å². The van der Waals surface area contributed by atoms with E-state index in [1.165, 1.54) is 0 Å². The summed E-state index contributed by atoms with van der Waals surface area (Å²) in [7, 11) is -2.95. The number of ether oxygens (including phenoxy) is 1.